The zero-order valence-electron chi connectivity index (χ0n) is 12.7. The van der Waals surface area contributed by atoms with Crippen molar-refractivity contribution >= 4 is 17.5 Å². The largest absolute Gasteiger partial charge is 0.484 e. The third-order valence-electron chi connectivity index (χ3n) is 2.98. The van der Waals surface area contributed by atoms with Gasteiger partial charge in [0.15, 0.2) is 12.4 Å². The number of carbonyl (C=O) groups excluding carboxylic acids is 1. The summed E-state index contributed by atoms with van der Waals surface area (Å²) in [4.78, 5) is 16.2. The average Bonchev–Trinajstić information content (AvgIpc) is 2.90. The zero-order valence-corrected chi connectivity index (χ0v) is 13.4. The fraction of sp³-hybridized carbons (Fsp3) is 0.400. The monoisotopic (exact) mass is 323 g/mol. The number of nitrogens with zero attached hydrogens (tertiary/aromatic N) is 2. The van der Waals surface area contributed by atoms with Gasteiger partial charge in [0.1, 0.15) is 11.8 Å². The first-order valence-corrected chi connectivity index (χ1v) is 7.31. The summed E-state index contributed by atoms with van der Waals surface area (Å²) < 4.78 is 10.5. The van der Waals surface area contributed by atoms with Crippen LogP contribution in [0, 0.1) is 12.8 Å². The number of rotatable bonds is 6. The van der Waals surface area contributed by atoms with E-state index in [1.165, 1.54) is 0 Å². The molecule has 6 nitrogen and oxygen atoms in total. The van der Waals surface area contributed by atoms with E-state index in [9.17, 15) is 4.79 Å². The predicted octanol–water partition coefficient (Wildman–Crippen LogP) is 2.92. The fourth-order valence-electron chi connectivity index (χ4n) is 1.85. The zero-order chi connectivity index (χ0) is 16.1. The minimum Gasteiger partial charge on any atom is -0.484 e. The van der Waals surface area contributed by atoms with Gasteiger partial charge in [0.25, 0.3) is 5.91 Å². The lowest BCUT2D eigenvalue weighted by atomic mass is 10.0. The van der Waals surface area contributed by atoms with Gasteiger partial charge in [-0.2, -0.15) is 4.98 Å². The number of hydrogen-bond donors (Lipinski definition) is 1. The van der Waals surface area contributed by atoms with Crippen LogP contribution < -0.4 is 10.1 Å². The number of amides is 1. The van der Waals surface area contributed by atoms with E-state index in [-0.39, 0.29) is 24.5 Å². The molecule has 2 rings (SSSR count). The van der Waals surface area contributed by atoms with Gasteiger partial charge in [-0.05, 0) is 37.1 Å². The summed E-state index contributed by atoms with van der Waals surface area (Å²) in [5.74, 6) is 1.36. The molecule has 0 aliphatic heterocycles. The van der Waals surface area contributed by atoms with Gasteiger partial charge < -0.3 is 14.6 Å². The van der Waals surface area contributed by atoms with Crippen molar-refractivity contribution in [2.24, 2.45) is 5.92 Å². The van der Waals surface area contributed by atoms with E-state index in [1.54, 1.807) is 31.2 Å². The Morgan fingerprint density at radius 2 is 2.05 bits per heavy atom. The molecular formula is C15H18ClN3O3. The maximum Gasteiger partial charge on any atom is 0.258 e. The van der Waals surface area contributed by atoms with Crippen LogP contribution in [0.25, 0.3) is 0 Å². The summed E-state index contributed by atoms with van der Waals surface area (Å²) in [5.41, 5.74) is 0. The SMILES string of the molecule is Cc1noc([C@H](NC(=O)COc2ccc(Cl)cc2)C(C)C)n1. The molecule has 7 heteroatoms. The van der Waals surface area contributed by atoms with Crippen LogP contribution in [-0.2, 0) is 4.79 Å². The molecule has 0 radical (unpaired) electrons. The number of aryl methyl sites for hydroxylation is 1. The normalized spacial score (nSPS) is 12.2. The molecule has 0 aliphatic carbocycles. The topological polar surface area (TPSA) is 77.2 Å². The van der Waals surface area contributed by atoms with Crippen LogP contribution in [-0.4, -0.2) is 22.7 Å². The molecule has 1 aromatic heterocycles. The second kappa shape index (κ2) is 7.26. The van der Waals surface area contributed by atoms with Crippen LogP contribution in [0.3, 0.4) is 0 Å². The van der Waals surface area contributed by atoms with Crippen LogP contribution in [0.15, 0.2) is 28.8 Å². The highest BCUT2D eigenvalue weighted by molar-refractivity contribution is 6.30. The predicted molar refractivity (Wildman–Crippen MR) is 81.7 cm³/mol. The number of aromatic nitrogens is 2. The fourth-order valence-corrected chi connectivity index (χ4v) is 1.97. The Kier molecular flexibility index (Phi) is 5.38. The summed E-state index contributed by atoms with van der Waals surface area (Å²) in [7, 11) is 0. The first kappa shape index (κ1) is 16.3. The standard InChI is InChI=1S/C15H18ClN3O3/c1-9(2)14(15-17-10(3)19-22-15)18-13(20)8-21-12-6-4-11(16)5-7-12/h4-7,9,14H,8H2,1-3H3,(H,18,20)/t14-/m1/s1. The Morgan fingerprint density at radius 3 is 2.59 bits per heavy atom. The third-order valence-corrected chi connectivity index (χ3v) is 3.23. The van der Waals surface area contributed by atoms with E-state index in [0.717, 1.165) is 0 Å². The van der Waals surface area contributed by atoms with Crippen LogP contribution in [0.5, 0.6) is 5.75 Å². The van der Waals surface area contributed by atoms with E-state index >= 15 is 0 Å². The van der Waals surface area contributed by atoms with E-state index < -0.39 is 0 Å². The smallest absolute Gasteiger partial charge is 0.258 e. The van der Waals surface area contributed by atoms with Gasteiger partial charge >= 0.3 is 0 Å². The Bertz CT molecular complexity index is 625. The molecule has 0 fully saturated rings. The second-order valence-electron chi connectivity index (χ2n) is 5.21. The highest BCUT2D eigenvalue weighted by Crippen LogP contribution is 2.20. The van der Waals surface area contributed by atoms with Gasteiger partial charge in [0, 0.05) is 5.02 Å². The highest BCUT2D eigenvalue weighted by atomic mass is 35.5. The molecular weight excluding hydrogens is 306 g/mol. The minimum absolute atomic E-state index is 0.0992. The summed E-state index contributed by atoms with van der Waals surface area (Å²) in [5, 5.41) is 7.20. The molecule has 0 aliphatic rings. The molecule has 1 N–H and O–H groups in total. The number of benzene rings is 1. The van der Waals surface area contributed by atoms with E-state index in [1.807, 2.05) is 13.8 Å². The van der Waals surface area contributed by atoms with Crippen LogP contribution >= 0.6 is 11.6 Å². The summed E-state index contributed by atoms with van der Waals surface area (Å²) in [6.45, 7) is 5.56. The number of carbonyl (C=O) groups is 1. The molecule has 0 spiro atoms. The Morgan fingerprint density at radius 1 is 1.36 bits per heavy atom. The van der Waals surface area contributed by atoms with Crippen molar-refractivity contribution in [1.82, 2.24) is 15.5 Å². The molecule has 22 heavy (non-hydrogen) atoms. The summed E-state index contributed by atoms with van der Waals surface area (Å²) in [6.07, 6.45) is 0. The van der Waals surface area contributed by atoms with Crippen molar-refractivity contribution in [3.63, 3.8) is 0 Å². The number of hydrogen-bond acceptors (Lipinski definition) is 5. The van der Waals surface area contributed by atoms with E-state index in [0.29, 0.717) is 22.5 Å². The molecule has 1 atom stereocenters. The summed E-state index contributed by atoms with van der Waals surface area (Å²) >= 11 is 5.79. The summed E-state index contributed by atoms with van der Waals surface area (Å²) in [6, 6.07) is 6.47. The first-order valence-electron chi connectivity index (χ1n) is 6.93. The van der Waals surface area contributed by atoms with Gasteiger partial charge in [-0.1, -0.05) is 30.6 Å². The van der Waals surface area contributed by atoms with Crippen molar-refractivity contribution in [3.8, 4) is 5.75 Å². The molecule has 1 amide bonds. The number of halogens is 1. The van der Waals surface area contributed by atoms with Crippen molar-refractivity contribution in [3.05, 3.63) is 41.0 Å². The van der Waals surface area contributed by atoms with Crippen LogP contribution in [0.2, 0.25) is 5.02 Å². The van der Waals surface area contributed by atoms with Gasteiger partial charge in [0.2, 0.25) is 5.89 Å². The van der Waals surface area contributed by atoms with Crippen molar-refractivity contribution in [2.45, 2.75) is 26.8 Å². The molecule has 118 valence electrons. The minimum atomic E-state index is -0.345. The average molecular weight is 324 g/mol. The second-order valence-corrected chi connectivity index (χ2v) is 5.65. The third kappa shape index (κ3) is 4.46. The molecule has 0 bridgehead atoms. The van der Waals surface area contributed by atoms with Crippen LogP contribution in [0.4, 0.5) is 0 Å². The molecule has 2 aromatic rings. The lowest BCUT2D eigenvalue weighted by molar-refractivity contribution is -0.124. The lowest BCUT2D eigenvalue weighted by Gasteiger charge is -2.18. The van der Waals surface area contributed by atoms with Crippen molar-refractivity contribution < 1.29 is 14.1 Å². The van der Waals surface area contributed by atoms with Gasteiger partial charge in [-0.25, -0.2) is 0 Å². The highest BCUT2D eigenvalue weighted by Gasteiger charge is 2.24. The quantitative estimate of drug-likeness (QED) is 0.884. The van der Waals surface area contributed by atoms with Crippen molar-refractivity contribution in [1.29, 1.82) is 0 Å². The Hall–Kier alpha value is -2.08. The number of ether oxygens (including phenoxy) is 1. The maximum absolute atomic E-state index is 12.0. The molecule has 0 saturated heterocycles. The van der Waals surface area contributed by atoms with Crippen LogP contribution in [0.1, 0.15) is 31.6 Å². The van der Waals surface area contributed by atoms with E-state index in [2.05, 4.69) is 15.5 Å². The van der Waals surface area contributed by atoms with Gasteiger partial charge in [0.05, 0.1) is 0 Å². The molecule has 0 unspecified atom stereocenters. The number of nitrogens with one attached hydrogen (secondary N) is 1. The lowest BCUT2D eigenvalue weighted by Crippen LogP contribution is -2.35. The molecule has 1 heterocycles. The van der Waals surface area contributed by atoms with E-state index in [4.69, 9.17) is 20.9 Å². The first-order chi connectivity index (χ1) is 10.5. The van der Waals surface area contributed by atoms with Gasteiger partial charge in [-0.3, -0.25) is 4.79 Å². The molecule has 0 saturated carbocycles. The Balaban J connectivity index is 1.92. The maximum atomic E-state index is 12.0. The van der Waals surface area contributed by atoms with Crippen molar-refractivity contribution in [2.75, 3.05) is 6.61 Å². The molecule has 1 aromatic carbocycles. The Labute approximate surface area is 133 Å². The van der Waals surface area contributed by atoms with Gasteiger partial charge in [-0.15, -0.1) is 0 Å².